The van der Waals surface area contributed by atoms with Gasteiger partial charge in [-0.2, -0.15) is 0 Å². The van der Waals surface area contributed by atoms with Crippen molar-refractivity contribution in [3.05, 3.63) is 65.7 Å². The van der Waals surface area contributed by atoms with Gasteiger partial charge in [0.1, 0.15) is 0 Å². The first kappa shape index (κ1) is 19.3. The van der Waals surface area contributed by atoms with Crippen molar-refractivity contribution in [2.45, 2.75) is 24.3 Å². The monoisotopic (exact) mass is 357 g/mol. The van der Waals surface area contributed by atoms with Crippen LogP contribution in [0.2, 0.25) is 0 Å². The van der Waals surface area contributed by atoms with Crippen molar-refractivity contribution < 1.29 is 5.11 Å². The van der Waals surface area contributed by atoms with Gasteiger partial charge in [0.05, 0.1) is 13.2 Å². The van der Waals surface area contributed by atoms with E-state index in [-0.39, 0.29) is 12.5 Å². The van der Waals surface area contributed by atoms with Gasteiger partial charge < -0.3 is 15.7 Å². The minimum atomic E-state index is 0.0471. The molecular formula is C20H27N3OS. The molecule has 0 aliphatic carbocycles. The van der Waals surface area contributed by atoms with Crippen LogP contribution < -0.4 is 10.6 Å². The molecule has 3 N–H and O–H groups in total. The predicted octanol–water partition coefficient (Wildman–Crippen LogP) is 3.24. The Balaban J connectivity index is 1.96. The van der Waals surface area contributed by atoms with Gasteiger partial charge >= 0.3 is 0 Å². The van der Waals surface area contributed by atoms with Crippen molar-refractivity contribution >= 4 is 17.7 Å². The first-order valence-electron chi connectivity index (χ1n) is 8.57. The third-order valence-corrected chi connectivity index (χ3v) is 4.67. The summed E-state index contributed by atoms with van der Waals surface area (Å²) >= 11 is 1.74. The fraction of sp³-hybridized carbons (Fsp3) is 0.350. The number of guanidine groups is 1. The highest BCUT2D eigenvalue weighted by Gasteiger charge is 2.10. The van der Waals surface area contributed by atoms with Crippen LogP contribution in [0.25, 0.3) is 0 Å². The standard InChI is InChI=1S/C20H27N3OS/c1-3-21-20(22-13-16-9-11-19(25-2)12-10-16)23-14-18(15-24)17-7-5-4-6-8-17/h4-12,18,24H,3,13-15H2,1-2H3,(H2,21,22,23). The predicted molar refractivity (Wildman–Crippen MR) is 107 cm³/mol. The van der Waals surface area contributed by atoms with Crippen molar-refractivity contribution in [2.24, 2.45) is 4.99 Å². The molecule has 0 bridgehead atoms. The molecule has 5 heteroatoms. The molecule has 0 spiro atoms. The molecule has 0 radical (unpaired) electrons. The number of nitrogens with one attached hydrogen (secondary N) is 2. The van der Waals surface area contributed by atoms with Gasteiger partial charge in [0.15, 0.2) is 5.96 Å². The molecule has 0 heterocycles. The second kappa shape index (κ2) is 10.8. The van der Waals surface area contributed by atoms with Crippen LogP contribution in [0.1, 0.15) is 24.0 Å². The van der Waals surface area contributed by atoms with E-state index in [9.17, 15) is 5.11 Å². The Kier molecular flexibility index (Phi) is 8.35. The van der Waals surface area contributed by atoms with Crippen LogP contribution in [0.3, 0.4) is 0 Å². The Bertz CT molecular complexity index is 644. The minimum absolute atomic E-state index is 0.0471. The Morgan fingerprint density at radius 1 is 1.08 bits per heavy atom. The van der Waals surface area contributed by atoms with Crippen LogP contribution >= 0.6 is 11.8 Å². The Labute approximate surface area is 154 Å². The number of rotatable bonds is 8. The molecule has 25 heavy (non-hydrogen) atoms. The normalized spacial score (nSPS) is 12.7. The summed E-state index contributed by atoms with van der Waals surface area (Å²) in [7, 11) is 0. The fourth-order valence-electron chi connectivity index (χ4n) is 2.48. The van der Waals surface area contributed by atoms with E-state index < -0.39 is 0 Å². The maximum absolute atomic E-state index is 9.68. The van der Waals surface area contributed by atoms with E-state index >= 15 is 0 Å². The van der Waals surface area contributed by atoms with E-state index in [2.05, 4.69) is 46.1 Å². The Morgan fingerprint density at radius 3 is 2.40 bits per heavy atom. The number of benzene rings is 2. The average molecular weight is 358 g/mol. The molecule has 2 aromatic carbocycles. The van der Waals surface area contributed by atoms with Gasteiger partial charge in [-0.05, 0) is 36.4 Å². The maximum Gasteiger partial charge on any atom is 0.191 e. The highest BCUT2D eigenvalue weighted by atomic mass is 32.2. The Morgan fingerprint density at radius 2 is 1.80 bits per heavy atom. The number of aliphatic hydroxyl groups excluding tert-OH is 1. The largest absolute Gasteiger partial charge is 0.396 e. The van der Waals surface area contributed by atoms with Crippen LogP contribution in [-0.2, 0) is 6.54 Å². The summed E-state index contributed by atoms with van der Waals surface area (Å²) in [6.07, 6.45) is 2.07. The van der Waals surface area contributed by atoms with Crippen molar-refractivity contribution in [1.82, 2.24) is 10.6 Å². The summed E-state index contributed by atoms with van der Waals surface area (Å²) in [4.78, 5) is 5.90. The van der Waals surface area contributed by atoms with Crippen molar-refractivity contribution in [1.29, 1.82) is 0 Å². The smallest absolute Gasteiger partial charge is 0.191 e. The molecule has 0 fully saturated rings. The van der Waals surface area contributed by atoms with Crippen LogP contribution in [0.15, 0.2) is 64.5 Å². The average Bonchev–Trinajstić information content (AvgIpc) is 2.67. The van der Waals surface area contributed by atoms with Gasteiger partial charge in [0.25, 0.3) is 0 Å². The zero-order valence-corrected chi connectivity index (χ0v) is 15.7. The second-order valence-electron chi connectivity index (χ2n) is 5.71. The summed E-state index contributed by atoms with van der Waals surface area (Å²) in [6, 6.07) is 18.5. The zero-order chi connectivity index (χ0) is 17.9. The van der Waals surface area contributed by atoms with Gasteiger partial charge in [0, 0.05) is 23.9 Å². The minimum Gasteiger partial charge on any atom is -0.396 e. The number of nitrogens with zero attached hydrogens (tertiary/aromatic N) is 1. The number of thioether (sulfide) groups is 1. The lowest BCUT2D eigenvalue weighted by atomic mass is 10.0. The number of aliphatic hydroxyl groups is 1. The lowest BCUT2D eigenvalue weighted by Crippen LogP contribution is -2.39. The fourth-order valence-corrected chi connectivity index (χ4v) is 2.88. The SMILES string of the molecule is CCNC(=NCc1ccc(SC)cc1)NCC(CO)c1ccccc1. The molecule has 0 aromatic heterocycles. The molecular weight excluding hydrogens is 330 g/mol. The highest BCUT2D eigenvalue weighted by molar-refractivity contribution is 7.98. The summed E-state index contributed by atoms with van der Waals surface area (Å²) in [5, 5.41) is 16.3. The third-order valence-electron chi connectivity index (χ3n) is 3.93. The highest BCUT2D eigenvalue weighted by Crippen LogP contribution is 2.15. The Hall–Kier alpha value is -1.98. The van der Waals surface area contributed by atoms with Crippen molar-refractivity contribution in [3.63, 3.8) is 0 Å². The van der Waals surface area contributed by atoms with E-state index in [1.807, 2.05) is 37.3 Å². The van der Waals surface area contributed by atoms with Gasteiger partial charge in [-0.15, -0.1) is 11.8 Å². The van der Waals surface area contributed by atoms with E-state index in [1.54, 1.807) is 11.8 Å². The van der Waals surface area contributed by atoms with Gasteiger partial charge in [-0.3, -0.25) is 0 Å². The lowest BCUT2D eigenvalue weighted by Gasteiger charge is -2.18. The topological polar surface area (TPSA) is 56.7 Å². The number of hydrogen-bond donors (Lipinski definition) is 3. The van der Waals surface area contributed by atoms with Crippen LogP contribution in [0.4, 0.5) is 0 Å². The maximum atomic E-state index is 9.68. The van der Waals surface area contributed by atoms with E-state index in [0.717, 1.165) is 18.1 Å². The first-order chi connectivity index (χ1) is 12.3. The van der Waals surface area contributed by atoms with Gasteiger partial charge in [-0.25, -0.2) is 4.99 Å². The molecule has 0 amide bonds. The zero-order valence-electron chi connectivity index (χ0n) is 14.9. The van der Waals surface area contributed by atoms with Crippen molar-refractivity contribution in [3.8, 4) is 0 Å². The molecule has 0 aliphatic heterocycles. The number of hydrogen-bond acceptors (Lipinski definition) is 3. The number of aliphatic imine (C=N–C) groups is 1. The summed E-state index contributed by atoms with van der Waals surface area (Å²) in [5.74, 6) is 0.816. The molecule has 0 aliphatic rings. The molecule has 134 valence electrons. The second-order valence-corrected chi connectivity index (χ2v) is 6.59. The van der Waals surface area contributed by atoms with Gasteiger partial charge in [0.2, 0.25) is 0 Å². The van der Waals surface area contributed by atoms with Crippen LogP contribution in [0.5, 0.6) is 0 Å². The first-order valence-corrected chi connectivity index (χ1v) is 9.80. The van der Waals surface area contributed by atoms with Crippen LogP contribution in [-0.4, -0.2) is 37.0 Å². The van der Waals surface area contributed by atoms with E-state index in [0.29, 0.717) is 13.1 Å². The summed E-state index contributed by atoms with van der Waals surface area (Å²) in [6.45, 7) is 4.21. The molecule has 4 nitrogen and oxygen atoms in total. The molecule has 1 unspecified atom stereocenters. The van der Waals surface area contributed by atoms with Crippen LogP contribution in [0, 0.1) is 0 Å². The van der Waals surface area contributed by atoms with E-state index in [1.165, 1.54) is 10.5 Å². The van der Waals surface area contributed by atoms with Gasteiger partial charge in [-0.1, -0.05) is 42.5 Å². The molecule has 2 aromatic rings. The summed E-state index contributed by atoms with van der Waals surface area (Å²) in [5.41, 5.74) is 2.30. The molecule has 0 saturated carbocycles. The quantitative estimate of drug-likeness (QED) is 0.386. The lowest BCUT2D eigenvalue weighted by molar-refractivity contribution is 0.265. The third kappa shape index (κ3) is 6.44. The van der Waals surface area contributed by atoms with Crippen molar-refractivity contribution in [2.75, 3.05) is 26.0 Å². The van der Waals surface area contributed by atoms with E-state index in [4.69, 9.17) is 0 Å². The molecule has 2 rings (SSSR count). The molecule has 0 saturated heterocycles. The summed E-state index contributed by atoms with van der Waals surface area (Å²) < 4.78 is 0. The molecule has 1 atom stereocenters.